The molecule has 1 aliphatic rings. The number of piperazine rings is 1. The maximum atomic E-state index is 12.8. The number of nitrogens with zero attached hydrogens (tertiary/aromatic N) is 2. The van der Waals surface area contributed by atoms with Crippen LogP contribution in [0.5, 0.6) is 0 Å². The SMILES string of the molecule is COCC(=O)N1CCN(C(=O)c2cc3ccc(C(F)(F)F)cc3[nH]c2=O)CC1. The second-order valence-electron chi connectivity index (χ2n) is 6.42. The van der Waals surface area contributed by atoms with Crippen LogP contribution in [-0.4, -0.2) is 66.5 Å². The molecule has 2 aromatic rings. The highest BCUT2D eigenvalue weighted by molar-refractivity contribution is 5.97. The van der Waals surface area contributed by atoms with E-state index in [4.69, 9.17) is 4.74 Å². The fourth-order valence-electron chi connectivity index (χ4n) is 3.08. The summed E-state index contributed by atoms with van der Waals surface area (Å²) in [4.78, 5) is 42.1. The number of amides is 2. The third kappa shape index (κ3) is 4.01. The molecule has 1 saturated heterocycles. The minimum absolute atomic E-state index is 0.00589. The Morgan fingerprint density at radius 3 is 2.36 bits per heavy atom. The normalized spacial score (nSPS) is 15.1. The molecule has 0 spiro atoms. The first-order chi connectivity index (χ1) is 13.2. The number of aromatic amines is 1. The number of hydrogen-bond acceptors (Lipinski definition) is 4. The molecule has 0 aliphatic carbocycles. The lowest BCUT2D eigenvalue weighted by Crippen LogP contribution is -2.52. The Hall–Kier alpha value is -2.88. The molecule has 1 aliphatic heterocycles. The second kappa shape index (κ2) is 7.63. The van der Waals surface area contributed by atoms with Gasteiger partial charge in [0.15, 0.2) is 0 Å². The molecule has 0 atom stereocenters. The highest BCUT2D eigenvalue weighted by Gasteiger charge is 2.31. The lowest BCUT2D eigenvalue weighted by atomic mass is 10.1. The fraction of sp³-hybridized carbons (Fsp3) is 0.389. The van der Waals surface area contributed by atoms with E-state index in [-0.39, 0.29) is 36.7 Å². The number of carbonyl (C=O) groups excluding carboxylic acids is 2. The van der Waals surface area contributed by atoms with Gasteiger partial charge in [-0.1, -0.05) is 6.07 Å². The molecule has 1 fully saturated rings. The van der Waals surface area contributed by atoms with Crippen LogP contribution in [0.4, 0.5) is 13.2 Å². The van der Waals surface area contributed by atoms with E-state index in [2.05, 4.69) is 4.98 Å². The Labute approximate surface area is 157 Å². The third-order valence-corrected chi connectivity index (χ3v) is 4.59. The molecule has 1 aromatic heterocycles. The first-order valence-corrected chi connectivity index (χ1v) is 8.51. The summed E-state index contributed by atoms with van der Waals surface area (Å²) in [5, 5.41) is 0.324. The summed E-state index contributed by atoms with van der Waals surface area (Å²) in [7, 11) is 1.42. The van der Waals surface area contributed by atoms with Crippen LogP contribution in [0.25, 0.3) is 10.9 Å². The molecule has 0 saturated carbocycles. The Morgan fingerprint density at radius 1 is 1.11 bits per heavy atom. The van der Waals surface area contributed by atoms with E-state index in [1.54, 1.807) is 4.90 Å². The molecule has 0 bridgehead atoms. The smallest absolute Gasteiger partial charge is 0.375 e. The molecular formula is C18H18F3N3O4. The largest absolute Gasteiger partial charge is 0.416 e. The van der Waals surface area contributed by atoms with Gasteiger partial charge in [0.25, 0.3) is 11.5 Å². The Morgan fingerprint density at radius 2 is 1.75 bits per heavy atom. The van der Waals surface area contributed by atoms with Gasteiger partial charge in [0.1, 0.15) is 12.2 Å². The number of aromatic nitrogens is 1. The van der Waals surface area contributed by atoms with Gasteiger partial charge in [0.05, 0.1) is 5.56 Å². The van der Waals surface area contributed by atoms with Crippen molar-refractivity contribution in [2.75, 3.05) is 39.9 Å². The molecule has 7 nitrogen and oxygen atoms in total. The molecule has 0 unspecified atom stereocenters. The van der Waals surface area contributed by atoms with Gasteiger partial charge in [-0.3, -0.25) is 14.4 Å². The minimum Gasteiger partial charge on any atom is -0.375 e. The van der Waals surface area contributed by atoms with E-state index in [0.29, 0.717) is 18.5 Å². The number of halogens is 3. The van der Waals surface area contributed by atoms with E-state index in [1.165, 1.54) is 24.1 Å². The van der Waals surface area contributed by atoms with Crippen LogP contribution in [0.2, 0.25) is 0 Å². The van der Waals surface area contributed by atoms with E-state index in [0.717, 1.165) is 12.1 Å². The van der Waals surface area contributed by atoms with Crippen molar-refractivity contribution in [1.29, 1.82) is 0 Å². The number of pyridine rings is 1. The summed E-state index contributed by atoms with van der Waals surface area (Å²) in [6.45, 7) is 1.08. The maximum Gasteiger partial charge on any atom is 0.416 e. The molecule has 0 radical (unpaired) electrons. The summed E-state index contributed by atoms with van der Waals surface area (Å²) < 4.78 is 43.2. The quantitative estimate of drug-likeness (QED) is 0.851. The van der Waals surface area contributed by atoms with Gasteiger partial charge in [0.2, 0.25) is 5.91 Å². The molecule has 10 heteroatoms. The van der Waals surface area contributed by atoms with Crippen LogP contribution in [-0.2, 0) is 15.7 Å². The van der Waals surface area contributed by atoms with Crippen molar-refractivity contribution in [1.82, 2.24) is 14.8 Å². The number of H-pyrrole nitrogens is 1. The zero-order valence-corrected chi connectivity index (χ0v) is 15.0. The third-order valence-electron chi connectivity index (χ3n) is 4.59. The Balaban J connectivity index is 1.80. The van der Waals surface area contributed by atoms with Crippen LogP contribution in [0.3, 0.4) is 0 Å². The van der Waals surface area contributed by atoms with Crippen LogP contribution < -0.4 is 5.56 Å². The average Bonchev–Trinajstić information content (AvgIpc) is 2.66. The van der Waals surface area contributed by atoms with Gasteiger partial charge in [-0.25, -0.2) is 0 Å². The van der Waals surface area contributed by atoms with Crippen molar-refractivity contribution >= 4 is 22.7 Å². The minimum atomic E-state index is -4.53. The number of ether oxygens (including phenoxy) is 1. The summed E-state index contributed by atoms with van der Waals surface area (Å²) in [6.07, 6.45) is -4.53. The fourth-order valence-corrected chi connectivity index (χ4v) is 3.08. The predicted octanol–water partition coefficient (Wildman–Crippen LogP) is 1.48. The van der Waals surface area contributed by atoms with Crippen molar-refractivity contribution in [3.05, 3.63) is 45.7 Å². The molecule has 2 heterocycles. The van der Waals surface area contributed by atoms with Gasteiger partial charge in [0, 0.05) is 38.8 Å². The number of rotatable bonds is 3. The van der Waals surface area contributed by atoms with E-state index in [1.807, 2.05) is 0 Å². The lowest BCUT2D eigenvalue weighted by Gasteiger charge is -2.34. The zero-order chi connectivity index (χ0) is 20.5. The average molecular weight is 397 g/mol. The molecule has 1 N–H and O–H groups in total. The summed E-state index contributed by atoms with van der Waals surface area (Å²) in [6, 6.07) is 4.24. The van der Waals surface area contributed by atoms with Gasteiger partial charge in [-0.05, 0) is 23.6 Å². The Kier molecular flexibility index (Phi) is 5.41. The van der Waals surface area contributed by atoms with Crippen LogP contribution in [0, 0.1) is 0 Å². The van der Waals surface area contributed by atoms with Crippen molar-refractivity contribution in [2.24, 2.45) is 0 Å². The number of methoxy groups -OCH3 is 1. The summed E-state index contributed by atoms with van der Waals surface area (Å²) >= 11 is 0. The number of hydrogen-bond donors (Lipinski definition) is 1. The highest BCUT2D eigenvalue weighted by Crippen LogP contribution is 2.30. The number of nitrogens with one attached hydrogen (secondary N) is 1. The number of fused-ring (bicyclic) bond motifs is 1. The lowest BCUT2D eigenvalue weighted by molar-refractivity contribution is -0.137. The molecule has 2 amide bonds. The summed E-state index contributed by atoms with van der Waals surface area (Å²) in [5.74, 6) is -0.708. The van der Waals surface area contributed by atoms with Crippen molar-refractivity contribution in [3.8, 4) is 0 Å². The molecule has 3 rings (SSSR count). The molecule has 28 heavy (non-hydrogen) atoms. The molecule has 1 aromatic carbocycles. The highest BCUT2D eigenvalue weighted by atomic mass is 19.4. The van der Waals surface area contributed by atoms with E-state index < -0.39 is 23.2 Å². The topological polar surface area (TPSA) is 82.7 Å². The molecule has 150 valence electrons. The van der Waals surface area contributed by atoms with Crippen molar-refractivity contribution in [3.63, 3.8) is 0 Å². The van der Waals surface area contributed by atoms with Crippen molar-refractivity contribution in [2.45, 2.75) is 6.18 Å². The van der Waals surface area contributed by atoms with Gasteiger partial charge in [-0.2, -0.15) is 13.2 Å². The maximum absolute atomic E-state index is 12.8. The van der Waals surface area contributed by atoms with Gasteiger partial charge < -0.3 is 19.5 Å². The first kappa shape index (κ1) is 19.9. The van der Waals surface area contributed by atoms with Crippen LogP contribution in [0.15, 0.2) is 29.1 Å². The van der Waals surface area contributed by atoms with E-state index >= 15 is 0 Å². The number of alkyl halides is 3. The van der Waals surface area contributed by atoms with Gasteiger partial charge in [-0.15, -0.1) is 0 Å². The second-order valence-corrected chi connectivity index (χ2v) is 6.42. The summed E-state index contributed by atoms with van der Waals surface area (Å²) in [5.41, 5.74) is -1.78. The van der Waals surface area contributed by atoms with Crippen LogP contribution >= 0.6 is 0 Å². The Bertz CT molecular complexity index is 963. The van der Waals surface area contributed by atoms with E-state index in [9.17, 15) is 27.6 Å². The standard InChI is InChI=1S/C18H18F3N3O4/c1-28-10-15(25)23-4-6-24(7-5-23)17(27)13-8-11-2-3-12(18(19,20)21)9-14(11)22-16(13)26/h2-3,8-9H,4-7,10H2,1H3,(H,22,26). The van der Waals surface area contributed by atoms with Gasteiger partial charge >= 0.3 is 6.18 Å². The van der Waals surface area contributed by atoms with Crippen molar-refractivity contribution < 1.29 is 27.5 Å². The number of carbonyl (C=O) groups is 2. The zero-order valence-electron chi connectivity index (χ0n) is 15.0. The molecular weight excluding hydrogens is 379 g/mol. The monoisotopic (exact) mass is 397 g/mol. The first-order valence-electron chi connectivity index (χ1n) is 8.51. The van der Waals surface area contributed by atoms with Crippen LogP contribution in [0.1, 0.15) is 15.9 Å². The number of benzene rings is 1. The predicted molar refractivity (Wildman–Crippen MR) is 93.9 cm³/mol.